The number of hydrogen-bond acceptors (Lipinski definition) is 0. The second-order valence-electron chi connectivity index (χ2n) is 4.96. The highest BCUT2D eigenvalue weighted by atomic mass is 14.0. The summed E-state index contributed by atoms with van der Waals surface area (Å²) < 4.78 is 0. The van der Waals surface area contributed by atoms with E-state index in [1.807, 2.05) is 24.3 Å². The molecule has 0 atom stereocenters. The third-order valence-electron chi connectivity index (χ3n) is 3.31. The van der Waals surface area contributed by atoms with Gasteiger partial charge in [-0.3, -0.25) is 0 Å². The minimum atomic E-state index is 0.917. The van der Waals surface area contributed by atoms with E-state index in [-0.39, 0.29) is 0 Å². The van der Waals surface area contributed by atoms with Gasteiger partial charge in [0.05, 0.1) is 0 Å². The van der Waals surface area contributed by atoms with Crippen molar-refractivity contribution in [3.05, 3.63) is 107 Å². The van der Waals surface area contributed by atoms with Crippen molar-refractivity contribution in [1.29, 1.82) is 0 Å². The zero-order valence-electron chi connectivity index (χ0n) is 11.3. The lowest BCUT2D eigenvalue weighted by atomic mass is 9.99. The summed E-state index contributed by atoms with van der Waals surface area (Å²) in [5, 5.41) is 0. The van der Waals surface area contributed by atoms with Gasteiger partial charge in [0.1, 0.15) is 0 Å². The summed E-state index contributed by atoms with van der Waals surface area (Å²) in [6.45, 7) is 0. The van der Waals surface area contributed by atoms with E-state index in [0.29, 0.717) is 0 Å². The van der Waals surface area contributed by atoms with E-state index in [2.05, 4.69) is 60.7 Å². The molecule has 2 radical (unpaired) electrons. The van der Waals surface area contributed by atoms with E-state index in [9.17, 15) is 0 Å². The van der Waals surface area contributed by atoms with Gasteiger partial charge in [0.25, 0.3) is 0 Å². The van der Waals surface area contributed by atoms with Crippen molar-refractivity contribution in [3.8, 4) is 0 Å². The van der Waals surface area contributed by atoms with Gasteiger partial charge in [-0.05, 0) is 47.2 Å². The highest BCUT2D eigenvalue weighted by Gasteiger charge is 2.00. The largest absolute Gasteiger partial charge is 0.0622 e. The molecule has 0 aliphatic carbocycles. The highest BCUT2D eigenvalue weighted by molar-refractivity contribution is 5.31. The SMILES string of the molecule is [c]1cc(Cc2ccccc2)[c]c(Cc2ccccc2)c1. The van der Waals surface area contributed by atoms with Crippen molar-refractivity contribution in [1.82, 2.24) is 0 Å². The maximum absolute atomic E-state index is 3.51. The minimum absolute atomic E-state index is 0.917. The average molecular weight is 256 g/mol. The summed E-state index contributed by atoms with van der Waals surface area (Å²) in [5.74, 6) is 0. The normalized spacial score (nSPS) is 10.4. The Morgan fingerprint density at radius 1 is 0.600 bits per heavy atom. The number of hydrogen-bond donors (Lipinski definition) is 0. The molecular weight excluding hydrogens is 240 g/mol. The molecule has 96 valence electrons. The maximum atomic E-state index is 3.51. The van der Waals surface area contributed by atoms with Gasteiger partial charge < -0.3 is 0 Å². The molecule has 0 aliphatic heterocycles. The molecule has 3 aromatic carbocycles. The fourth-order valence-corrected chi connectivity index (χ4v) is 2.34. The summed E-state index contributed by atoms with van der Waals surface area (Å²) >= 11 is 0. The fraction of sp³-hybridized carbons (Fsp3) is 0.100. The fourth-order valence-electron chi connectivity index (χ4n) is 2.34. The Kier molecular flexibility index (Phi) is 3.93. The van der Waals surface area contributed by atoms with Crippen molar-refractivity contribution in [2.24, 2.45) is 0 Å². The number of benzene rings is 3. The maximum Gasteiger partial charge on any atom is -0.00193 e. The molecule has 3 rings (SSSR count). The van der Waals surface area contributed by atoms with Crippen LogP contribution in [0.15, 0.2) is 72.8 Å². The summed E-state index contributed by atoms with van der Waals surface area (Å²) in [7, 11) is 0. The lowest BCUT2D eigenvalue weighted by Gasteiger charge is -2.05. The van der Waals surface area contributed by atoms with E-state index in [1.165, 1.54) is 22.3 Å². The van der Waals surface area contributed by atoms with Crippen LogP contribution in [0.2, 0.25) is 0 Å². The first kappa shape index (κ1) is 12.7. The Morgan fingerprint density at radius 2 is 1.05 bits per heavy atom. The monoisotopic (exact) mass is 256 g/mol. The zero-order valence-corrected chi connectivity index (χ0v) is 11.3. The first-order valence-corrected chi connectivity index (χ1v) is 6.89. The summed E-state index contributed by atoms with van der Waals surface area (Å²) in [6.07, 6.45) is 1.83. The molecular formula is C20H16. The molecule has 0 saturated heterocycles. The molecule has 0 heteroatoms. The molecule has 0 saturated carbocycles. The van der Waals surface area contributed by atoms with E-state index in [4.69, 9.17) is 0 Å². The van der Waals surface area contributed by atoms with Crippen LogP contribution in [-0.4, -0.2) is 0 Å². The van der Waals surface area contributed by atoms with Crippen molar-refractivity contribution in [2.45, 2.75) is 12.8 Å². The quantitative estimate of drug-likeness (QED) is 0.646. The Hall–Kier alpha value is -2.34. The molecule has 0 aliphatic rings. The van der Waals surface area contributed by atoms with Crippen LogP contribution >= 0.6 is 0 Å². The summed E-state index contributed by atoms with van der Waals surface area (Å²) in [4.78, 5) is 0. The van der Waals surface area contributed by atoms with Crippen molar-refractivity contribution >= 4 is 0 Å². The predicted molar refractivity (Wildman–Crippen MR) is 82.6 cm³/mol. The second-order valence-corrected chi connectivity index (χ2v) is 4.96. The molecule has 0 unspecified atom stereocenters. The molecule has 0 N–H and O–H groups in total. The molecule has 0 amide bonds. The van der Waals surface area contributed by atoms with Crippen LogP contribution < -0.4 is 0 Å². The second kappa shape index (κ2) is 6.21. The van der Waals surface area contributed by atoms with Gasteiger partial charge in [-0.15, -0.1) is 0 Å². The molecule has 0 fully saturated rings. The van der Waals surface area contributed by atoms with Crippen LogP contribution in [0.25, 0.3) is 0 Å². The predicted octanol–water partition coefficient (Wildman–Crippen LogP) is 4.47. The molecule has 0 heterocycles. The lowest BCUT2D eigenvalue weighted by Crippen LogP contribution is -1.93. The van der Waals surface area contributed by atoms with E-state index in [1.54, 1.807) is 0 Å². The van der Waals surface area contributed by atoms with Gasteiger partial charge in [0.2, 0.25) is 0 Å². The third kappa shape index (κ3) is 3.36. The van der Waals surface area contributed by atoms with Crippen molar-refractivity contribution in [2.75, 3.05) is 0 Å². The molecule has 20 heavy (non-hydrogen) atoms. The summed E-state index contributed by atoms with van der Waals surface area (Å²) in [5.41, 5.74) is 5.03. The van der Waals surface area contributed by atoms with Crippen molar-refractivity contribution in [3.63, 3.8) is 0 Å². The van der Waals surface area contributed by atoms with Crippen LogP contribution in [0.4, 0.5) is 0 Å². The van der Waals surface area contributed by atoms with Crippen LogP contribution in [0.1, 0.15) is 22.3 Å². The van der Waals surface area contributed by atoms with Gasteiger partial charge >= 0.3 is 0 Å². The topological polar surface area (TPSA) is 0 Å². The van der Waals surface area contributed by atoms with Crippen LogP contribution in [0, 0.1) is 12.1 Å². The molecule has 0 spiro atoms. The minimum Gasteiger partial charge on any atom is -0.0622 e. The molecule has 0 nitrogen and oxygen atoms in total. The van der Waals surface area contributed by atoms with E-state index < -0.39 is 0 Å². The number of rotatable bonds is 4. The molecule has 0 aromatic heterocycles. The Labute approximate surface area is 120 Å². The van der Waals surface area contributed by atoms with Gasteiger partial charge in [-0.1, -0.05) is 72.8 Å². The Morgan fingerprint density at radius 3 is 1.50 bits per heavy atom. The zero-order chi connectivity index (χ0) is 13.6. The first-order valence-electron chi connectivity index (χ1n) is 6.89. The smallest absolute Gasteiger partial charge is 0.00193 e. The van der Waals surface area contributed by atoms with Gasteiger partial charge in [0, 0.05) is 0 Å². The molecule has 0 bridgehead atoms. The molecule has 3 aromatic rings. The highest BCUT2D eigenvalue weighted by Crippen LogP contribution is 2.13. The van der Waals surface area contributed by atoms with E-state index >= 15 is 0 Å². The average Bonchev–Trinajstić information content (AvgIpc) is 2.50. The van der Waals surface area contributed by atoms with Crippen LogP contribution in [-0.2, 0) is 12.8 Å². The van der Waals surface area contributed by atoms with Gasteiger partial charge in [0.15, 0.2) is 0 Å². The third-order valence-corrected chi connectivity index (χ3v) is 3.31. The van der Waals surface area contributed by atoms with E-state index in [0.717, 1.165) is 12.8 Å². The van der Waals surface area contributed by atoms with Gasteiger partial charge in [-0.2, -0.15) is 0 Å². The van der Waals surface area contributed by atoms with Crippen molar-refractivity contribution < 1.29 is 0 Å². The Balaban J connectivity index is 1.76. The lowest BCUT2D eigenvalue weighted by molar-refractivity contribution is 1.13. The van der Waals surface area contributed by atoms with Gasteiger partial charge in [-0.25, -0.2) is 0 Å². The summed E-state index contributed by atoms with van der Waals surface area (Å²) in [6, 6.07) is 31.8. The standard InChI is InChI=1S/C20H16/c1-3-8-17(9-4-1)14-19-12-7-13-20(16-19)15-18-10-5-2-6-11-18/h1-6,8-13H,14-15H2. The van der Waals surface area contributed by atoms with Crippen LogP contribution in [0.5, 0.6) is 0 Å². The van der Waals surface area contributed by atoms with Crippen LogP contribution in [0.3, 0.4) is 0 Å². The Bertz CT molecular complexity index is 597. The first-order chi connectivity index (χ1) is 9.90.